The highest BCUT2D eigenvalue weighted by molar-refractivity contribution is 5.23. The van der Waals surface area contributed by atoms with E-state index in [1.54, 1.807) is 0 Å². The maximum absolute atomic E-state index is 8.49. The number of aryl methyl sites for hydroxylation is 2. The Bertz CT molecular complexity index is 511. The number of rotatable bonds is 2. The van der Waals surface area contributed by atoms with Gasteiger partial charge in [0.1, 0.15) is 0 Å². The average molecular weight is 299 g/mol. The molecule has 2 aromatic rings. The Morgan fingerprint density at radius 2 is 1.50 bits per heavy atom. The average Bonchev–Trinajstić information content (AvgIpc) is 2.26. The van der Waals surface area contributed by atoms with Crippen LogP contribution in [0.2, 0.25) is 0 Å². The third-order valence-electron chi connectivity index (χ3n) is 2.33. The summed E-state index contributed by atoms with van der Waals surface area (Å²) in [6.07, 6.45) is 0.864. The minimum atomic E-state index is -4.94. The van der Waals surface area contributed by atoms with Crippen molar-refractivity contribution in [1.82, 2.24) is 0 Å². The Morgan fingerprint density at radius 3 is 2.00 bits per heavy atom. The molecule has 1 heterocycles. The zero-order chi connectivity index (χ0) is 15.2. The van der Waals surface area contributed by atoms with Gasteiger partial charge < -0.3 is 0 Å². The summed E-state index contributed by atoms with van der Waals surface area (Å²) in [5, 5.41) is 0. The molecule has 1 aromatic carbocycles. The second-order valence-corrected chi connectivity index (χ2v) is 5.01. The lowest BCUT2D eigenvalue weighted by molar-refractivity contribution is -2.00. The summed E-state index contributed by atoms with van der Waals surface area (Å²) >= 11 is 0. The van der Waals surface area contributed by atoms with Crippen LogP contribution >= 0.6 is 0 Å². The lowest BCUT2D eigenvalue weighted by atomic mass is 10.1. The smallest absolute Gasteiger partial charge is 0.222 e. The van der Waals surface area contributed by atoms with E-state index in [2.05, 4.69) is 43.3 Å². The Kier molecular flexibility index (Phi) is 6.06. The van der Waals surface area contributed by atoms with Gasteiger partial charge in [0.05, 0.1) is 13.3 Å². The van der Waals surface area contributed by atoms with Crippen LogP contribution in [0.5, 0.6) is 0 Å². The van der Waals surface area contributed by atoms with Crippen molar-refractivity contribution < 1.29 is 33.3 Å². The lowest BCUT2D eigenvalue weighted by Crippen LogP contribution is -2.68. The quantitative estimate of drug-likeness (QED) is 0.662. The van der Waals surface area contributed by atoms with Crippen LogP contribution in [0.25, 0.3) is 0 Å². The largest absolute Gasteiger partial charge is 0.334 e. The predicted molar refractivity (Wildman–Crippen MR) is 61.8 cm³/mol. The fourth-order valence-electron chi connectivity index (χ4n) is 1.77. The van der Waals surface area contributed by atoms with Crippen molar-refractivity contribution in [2.75, 3.05) is 0 Å². The lowest BCUT2D eigenvalue weighted by Gasteiger charge is -2.17. The van der Waals surface area contributed by atoms with E-state index in [1.165, 1.54) is 11.1 Å². The van der Waals surface area contributed by atoms with Crippen LogP contribution in [0.15, 0.2) is 46.9 Å². The van der Waals surface area contributed by atoms with E-state index in [0.717, 1.165) is 17.9 Å². The van der Waals surface area contributed by atoms with E-state index in [0.29, 0.717) is 0 Å². The van der Waals surface area contributed by atoms with Crippen LogP contribution in [0, 0.1) is 24.1 Å². The van der Waals surface area contributed by atoms with Gasteiger partial charge in [0.15, 0.2) is 0 Å². The number of hydrogen-bond acceptors (Lipinski definition) is 4. The fraction of sp³-hybridized carbons (Fsp3) is 0.214. The molecule has 0 spiro atoms. The van der Waals surface area contributed by atoms with E-state index in [1.807, 2.05) is 13.0 Å². The molecular weight excluding hydrogens is 284 g/mol. The van der Waals surface area contributed by atoms with E-state index in [9.17, 15) is 0 Å². The van der Waals surface area contributed by atoms with Gasteiger partial charge in [0.25, 0.3) is 0 Å². The first-order valence-electron chi connectivity index (χ1n) is 5.80. The summed E-state index contributed by atoms with van der Waals surface area (Å²) in [6.45, 7) is 4.08. The molecule has 0 unspecified atom stereocenters. The Morgan fingerprint density at radius 1 is 0.950 bits per heavy atom. The predicted octanol–water partition coefficient (Wildman–Crippen LogP) is -0.988. The molecule has 0 saturated heterocycles. The molecule has 0 aliphatic rings. The van der Waals surface area contributed by atoms with Crippen molar-refractivity contribution in [2.45, 2.75) is 20.3 Å². The monoisotopic (exact) mass is 298 g/mol. The minimum absolute atomic E-state index is 0.864. The summed E-state index contributed by atoms with van der Waals surface area (Å²) in [6, 6.07) is 14.5. The first-order chi connectivity index (χ1) is 9.24. The molecule has 0 bridgehead atoms. The van der Waals surface area contributed by atoms with Gasteiger partial charge in [-0.3, -0.25) is 0 Å². The van der Waals surface area contributed by atoms with E-state index in [4.69, 9.17) is 23.1 Å². The number of halogens is 1. The molecule has 20 heavy (non-hydrogen) atoms. The topological polar surface area (TPSA) is 104 Å². The van der Waals surface area contributed by atoms with E-state index < -0.39 is 10.2 Å². The van der Waals surface area contributed by atoms with Crippen molar-refractivity contribution >= 4 is 0 Å². The van der Waals surface area contributed by atoms with Gasteiger partial charge in [-0.05, 0) is 18.1 Å². The van der Waals surface area contributed by atoms with Crippen molar-refractivity contribution in [3.05, 3.63) is 65.1 Å². The maximum atomic E-state index is 8.49. The van der Waals surface area contributed by atoms with E-state index in [-0.39, 0.29) is 0 Å². The van der Waals surface area contributed by atoms with Gasteiger partial charge in [-0.25, -0.2) is 23.1 Å². The highest BCUT2D eigenvalue weighted by Gasteiger charge is 2.11. The fourth-order valence-corrected chi connectivity index (χ4v) is 1.77. The van der Waals surface area contributed by atoms with Crippen LogP contribution in [0.3, 0.4) is 0 Å². The first kappa shape index (κ1) is 16.6. The van der Waals surface area contributed by atoms with Crippen LogP contribution in [-0.2, 0) is 6.42 Å². The molecule has 0 N–H and O–H groups in total. The normalized spacial score (nSPS) is 10.7. The molecule has 0 atom stereocenters. The van der Waals surface area contributed by atoms with Crippen LogP contribution in [-0.4, -0.2) is 0 Å². The molecule has 0 saturated carbocycles. The Balaban J connectivity index is 0.000000347. The summed E-state index contributed by atoms with van der Waals surface area (Å²) in [5.74, 6) is 2.00. The van der Waals surface area contributed by atoms with Crippen LogP contribution in [0.4, 0.5) is 0 Å². The summed E-state index contributed by atoms with van der Waals surface area (Å²) in [5.41, 5.74) is 2.54. The number of benzene rings is 1. The summed E-state index contributed by atoms with van der Waals surface area (Å²) in [7, 11) is -4.94. The summed E-state index contributed by atoms with van der Waals surface area (Å²) < 4.78 is 39.6. The second kappa shape index (κ2) is 7.33. The molecule has 1 aromatic heterocycles. The van der Waals surface area contributed by atoms with Crippen molar-refractivity contribution in [2.24, 2.45) is 0 Å². The molecular formula is C14H15ClO5. The van der Waals surface area contributed by atoms with Crippen molar-refractivity contribution in [3.63, 3.8) is 0 Å². The molecule has 6 heteroatoms. The van der Waals surface area contributed by atoms with Crippen LogP contribution in [0.1, 0.15) is 22.6 Å². The van der Waals surface area contributed by atoms with Gasteiger partial charge in [-0.15, -0.1) is 10.2 Å². The molecule has 5 nitrogen and oxygen atoms in total. The zero-order valence-corrected chi connectivity index (χ0v) is 11.9. The van der Waals surface area contributed by atoms with Gasteiger partial charge >= 0.3 is 11.5 Å². The molecule has 0 radical (unpaired) electrons. The van der Waals surface area contributed by atoms with Gasteiger partial charge in [-0.1, -0.05) is 30.3 Å². The highest BCUT2D eigenvalue weighted by Crippen LogP contribution is 2.13. The molecule has 2 rings (SSSR count). The molecule has 0 aliphatic carbocycles. The third kappa shape index (κ3) is 7.83. The Hall–Kier alpha value is -1.50. The van der Waals surface area contributed by atoms with Crippen molar-refractivity contribution in [3.8, 4) is 0 Å². The zero-order valence-electron chi connectivity index (χ0n) is 11.2. The molecule has 0 aliphatic heterocycles. The van der Waals surface area contributed by atoms with Gasteiger partial charge in [-0.2, -0.15) is 0 Å². The van der Waals surface area contributed by atoms with Gasteiger partial charge in [0.2, 0.25) is 0 Å². The van der Waals surface area contributed by atoms with Crippen molar-refractivity contribution in [1.29, 1.82) is 0 Å². The molecule has 108 valence electrons. The molecule has 0 fully saturated rings. The Labute approximate surface area is 119 Å². The first-order valence-corrected chi connectivity index (χ1v) is 7.03. The minimum Gasteiger partial charge on any atom is -0.222 e. The van der Waals surface area contributed by atoms with Crippen LogP contribution < -0.4 is 18.6 Å². The summed E-state index contributed by atoms with van der Waals surface area (Å²) in [4.78, 5) is 0. The van der Waals surface area contributed by atoms with Gasteiger partial charge in [0, 0.05) is 12.1 Å². The number of hydrogen-bond donors (Lipinski definition) is 0. The van der Waals surface area contributed by atoms with E-state index >= 15 is 0 Å². The molecule has 0 amide bonds. The second-order valence-electron chi connectivity index (χ2n) is 4.25. The maximum Gasteiger partial charge on any atom is 0.334 e. The highest BCUT2D eigenvalue weighted by atomic mass is 35.7. The SMILES string of the molecule is Cc1cc(C)[o+]c(Cc2ccccc2)c1.[O-][Cl+3]([O-])([O-])[O-]. The third-order valence-corrected chi connectivity index (χ3v) is 2.33. The standard InChI is InChI=1S/C14H15O.ClHO4/c1-11-8-12(2)15-14(9-11)10-13-6-4-3-5-7-13;2-1(3,4)5/h3-9H,10H2,1-2H3;(H,2,3,4,5)/q+1;/p-1.